The molecule has 1 saturated heterocycles. The number of nitrogens with one attached hydrogen (secondary N) is 1. The monoisotopic (exact) mass is 182 g/mol. The molecule has 1 unspecified atom stereocenters. The minimum atomic E-state index is 0.594. The lowest BCUT2D eigenvalue weighted by Gasteiger charge is -2.29. The molecule has 0 bridgehead atoms. The van der Waals surface area contributed by atoms with E-state index in [2.05, 4.69) is 23.7 Å². The van der Waals surface area contributed by atoms with Gasteiger partial charge in [-0.05, 0) is 32.9 Å². The number of hydrogen-bond donors (Lipinski definition) is 1. The first-order chi connectivity index (χ1) is 6.33. The van der Waals surface area contributed by atoms with E-state index in [4.69, 9.17) is 0 Å². The summed E-state index contributed by atoms with van der Waals surface area (Å²) in [6, 6.07) is 0.594. The SMILES string of the molecule is C=CCNC(C)CN1CCCCC1. The minimum Gasteiger partial charge on any atom is -0.310 e. The summed E-state index contributed by atoms with van der Waals surface area (Å²) in [7, 11) is 0. The maximum absolute atomic E-state index is 3.70. The summed E-state index contributed by atoms with van der Waals surface area (Å²) < 4.78 is 0. The van der Waals surface area contributed by atoms with Crippen LogP contribution in [0, 0.1) is 0 Å². The zero-order valence-corrected chi connectivity index (χ0v) is 8.76. The smallest absolute Gasteiger partial charge is 0.0169 e. The third-order valence-corrected chi connectivity index (χ3v) is 2.59. The fourth-order valence-electron chi connectivity index (χ4n) is 1.88. The second-order valence-corrected chi connectivity index (χ2v) is 3.96. The van der Waals surface area contributed by atoms with Gasteiger partial charge in [-0.25, -0.2) is 0 Å². The Balaban J connectivity index is 2.10. The summed E-state index contributed by atoms with van der Waals surface area (Å²) >= 11 is 0. The van der Waals surface area contributed by atoms with Crippen LogP contribution in [0.1, 0.15) is 26.2 Å². The lowest BCUT2D eigenvalue weighted by atomic mass is 10.1. The molecule has 2 nitrogen and oxygen atoms in total. The topological polar surface area (TPSA) is 15.3 Å². The molecule has 13 heavy (non-hydrogen) atoms. The molecule has 1 fully saturated rings. The van der Waals surface area contributed by atoms with Crippen LogP contribution in [0.25, 0.3) is 0 Å². The van der Waals surface area contributed by atoms with Crippen molar-refractivity contribution in [1.82, 2.24) is 10.2 Å². The van der Waals surface area contributed by atoms with Gasteiger partial charge in [-0.15, -0.1) is 6.58 Å². The second kappa shape index (κ2) is 6.17. The molecule has 0 spiro atoms. The highest BCUT2D eigenvalue weighted by Gasteiger charge is 2.12. The minimum absolute atomic E-state index is 0.594. The van der Waals surface area contributed by atoms with E-state index in [9.17, 15) is 0 Å². The highest BCUT2D eigenvalue weighted by atomic mass is 15.1. The van der Waals surface area contributed by atoms with E-state index in [0.717, 1.165) is 6.54 Å². The van der Waals surface area contributed by atoms with Gasteiger partial charge in [0.15, 0.2) is 0 Å². The molecule has 0 aromatic carbocycles. The van der Waals surface area contributed by atoms with Crippen LogP contribution in [0.15, 0.2) is 12.7 Å². The lowest BCUT2D eigenvalue weighted by molar-refractivity contribution is 0.210. The molecular formula is C11H22N2. The Morgan fingerprint density at radius 2 is 2.08 bits per heavy atom. The molecule has 1 rings (SSSR count). The first-order valence-electron chi connectivity index (χ1n) is 5.39. The quantitative estimate of drug-likeness (QED) is 0.650. The van der Waals surface area contributed by atoms with Crippen LogP contribution in [0.3, 0.4) is 0 Å². The molecule has 1 atom stereocenters. The molecule has 2 heteroatoms. The predicted molar refractivity (Wildman–Crippen MR) is 58.0 cm³/mol. The Kier molecular flexibility index (Phi) is 5.09. The summed E-state index contributed by atoms with van der Waals surface area (Å²) in [5.41, 5.74) is 0. The standard InChI is InChI=1S/C11H22N2/c1-3-7-12-11(2)10-13-8-5-4-6-9-13/h3,11-12H,1,4-10H2,2H3. The van der Waals surface area contributed by atoms with Gasteiger partial charge in [-0.2, -0.15) is 0 Å². The molecule has 76 valence electrons. The summed E-state index contributed by atoms with van der Waals surface area (Å²) in [6.45, 7) is 10.6. The maximum Gasteiger partial charge on any atom is 0.0169 e. The van der Waals surface area contributed by atoms with Crippen LogP contribution in [-0.2, 0) is 0 Å². The van der Waals surface area contributed by atoms with Gasteiger partial charge in [0.25, 0.3) is 0 Å². The molecule has 0 radical (unpaired) electrons. The van der Waals surface area contributed by atoms with E-state index >= 15 is 0 Å². The van der Waals surface area contributed by atoms with Gasteiger partial charge in [0.2, 0.25) is 0 Å². The molecule has 0 saturated carbocycles. The number of hydrogen-bond acceptors (Lipinski definition) is 2. The number of rotatable bonds is 5. The van der Waals surface area contributed by atoms with Gasteiger partial charge in [0.1, 0.15) is 0 Å². The molecule has 0 aliphatic carbocycles. The number of piperidine rings is 1. The van der Waals surface area contributed by atoms with Crippen molar-refractivity contribution in [3.63, 3.8) is 0 Å². The molecule has 1 aliphatic rings. The summed E-state index contributed by atoms with van der Waals surface area (Å²) in [6.07, 6.45) is 6.11. The molecule has 1 heterocycles. The highest BCUT2D eigenvalue weighted by Crippen LogP contribution is 2.08. The van der Waals surface area contributed by atoms with E-state index in [-0.39, 0.29) is 0 Å². The average molecular weight is 182 g/mol. The highest BCUT2D eigenvalue weighted by molar-refractivity contribution is 4.76. The predicted octanol–water partition coefficient (Wildman–Crippen LogP) is 1.64. The summed E-state index contributed by atoms with van der Waals surface area (Å²) in [4.78, 5) is 2.56. The molecule has 0 amide bonds. The first-order valence-corrected chi connectivity index (χ1v) is 5.39. The van der Waals surface area contributed by atoms with Crippen LogP contribution in [0.5, 0.6) is 0 Å². The molecule has 1 N–H and O–H groups in total. The van der Waals surface area contributed by atoms with E-state index < -0.39 is 0 Å². The average Bonchev–Trinajstić information content (AvgIpc) is 2.16. The van der Waals surface area contributed by atoms with Crippen molar-refractivity contribution >= 4 is 0 Å². The van der Waals surface area contributed by atoms with Gasteiger partial charge in [0, 0.05) is 19.1 Å². The van der Waals surface area contributed by atoms with Crippen molar-refractivity contribution in [2.24, 2.45) is 0 Å². The van der Waals surface area contributed by atoms with E-state index in [0.29, 0.717) is 6.04 Å². The van der Waals surface area contributed by atoms with Crippen molar-refractivity contribution < 1.29 is 0 Å². The molecule has 1 aliphatic heterocycles. The first kappa shape index (κ1) is 10.7. The van der Waals surface area contributed by atoms with Crippen LogP contribution in [0.4, 0.5) is 0 Å². The van der Waals surface area contributed by atoms with Crippen molar-refractivity contribution in [2.75, 3.05) is 26.2 Å². The Labute approximate surface area is 82.0 Å². The largest absolute Gasteiger partial charge is 0.310 e. The van der Waals surface area contributed by atoms with Gasteiger partial charge in [-0.3, -0.25) is 0 Å². The van der Waals surface area contributed by atoms with Crippen LogP contribution in [-0.4, -0.2) is 37.1 Å². The molecule has 0 aromatic rings. The van der Waals surface area contributed by atoms with Crippen molar-refractivity contribution in [3.8, 4) is 0 Å². The van der Waals surface area contributed by atoms with Gasteiger partial charge < -0.3 is 10.2 Å². The van der Waals surface area contributed by atoms with Gasteiger partial charge in [-0.1, -0.05) is 12.5 Å². The van der Waals surface area contributed by atoms with Crippen molar-refractivity contribution in [1.29, 1.82) is 0 Å². The number of nitrogens with zero attached hydrogens (tertiary/aromatic N) is 1. The van der Waals surface area contributed by atoms with E-state index in [1.54, 1.807) is 0 Å². The van der Waals surface area contributed by atoms with Crippen LogP contribution >= 0.6 is 0 Å². The van der Waals surface area contributed by atoms with Gasteiger partial charge >= 0.3 is 0 Å². The Morgan fingerprint density at radius 3 is 2.69 bits per heavy atom. The third-order valence-electron chi connectivity index (χ3n) is 2.59. The summed E-state index contributed by atoms with van der Waals surface area (Å²) in [5.74, 6) is 0. The van der Waals surface area contributed by atoms with E-state index in [1.165, 1.54) is 38.9 Å². The second-order valence-electron chi connectivity index (χ2n) is 3.96. The third kappa shape index (κ3) is 4.44. The fraction of sp³-hybridized carbons (Fsp3) is 0.818. The normalized spacial score (nSPS) is 21.3. The number of likely N-dealkylation sites (tertiary alicyclic amines) is 1. The zero-order chi connectivity index (χ0) is 9.52. The van der Waals surface area contributed by atoms with Gasteiger partial charge in [0.05, 0.1) is 0 Å². The van der Waals surface area contributed by atoms with E-state index in [1.807, 2.05) is 6.08 Å². The van der Waals surface area contributed by atoms with Crippen molar-refractivity contribution in [3.05, 3.63) is 12.7 Å². The van der Waals surface area contributed by atoms with Crippen LogP contribution in [0.2, 0.25) is 0 Å². The Hall–Kier alpha value is -0.340. The lowest BCUT2D eigenvalue weighted by Crippen LogP contribution is -2.41. The Bertz CT molecular complexity index is 139. The van der Waals surface area contributed by atoms with Crippen molar-refractivity contribution in [2.45, 2.75) is 32.2 Å². The maximum atomic E-state index is 3.70. The molecular weight excluding hydrogens is 160 g/mol. The summed E-state index contributed by atoms with van der Waals surface area (Å²) in [5, 5.41) is 3.42. The Morgan fingerprint density at radius 1 is 1.38 bits per heavy atom. The fourth-order valence-corrected chi connectivity index (χ4v) is 1.88. The zero-order valence-electron chi connectivity index (χ0n) is 8.76. The van der Waals surface area contributed by atoms with Crippen LogP contribution < -0.4 is 5.32 Å². The molecule has 0 aromatic heterocycles.